The van der Waals surface area contributed by atoms with E-state index in [1.807, 2.05) is 12.2 Å². The van der Waals surface area contributed by atoms with E-state index in [0.717, 1.165) is 38.0 Å². The lowest BCUT2D eigenvalue weighted by Gasteiger charge is -2.40. The first-order valence-corrected chi connectivity index (χ1v) is 9.35. The molecule has 2 fully saturated rings. The molecule has 1 saturated carbocycles. The Morgan fingerprint density at radius 1 is 1.33 bits per heavy atom. The van der Waals surface area contributed by atoms with Crippen molar-refractivity contribution in [1.82, 2.24) is 25.4 Å². The van der Waals surface area contributed by atoms with Gasteiger partial charge >= 0.3 is 6.03 Å². The highest BCUT2D eigenvalue weighted by Crippen LogP contribution is 2.33. The van der Waals surface area contributed by atoms with Gasteiger partial charge in [0.2, 0.25) is 5.91 Å². The Hall–Kier alpha value is -2.97. The molecule has 4 heterocycles. The molecule has 27 heavy (non-hydrogen) atoms. The molecule has 1 aromatic rings. The van der Waals surface area contributed by atoms with Crippen LogP contribution in [-0.4, -0.2) is 57.9 Å². The molecule has 4 aliphatic rings. The summed E-state index contributed by atoms with van der Waals surface area (Å²) in [6.07, 6.45) is 8.20. The lowest BCUT2D eigenvalue weighted by Crippen LogP contribution is -2.56. The van der Waals surface area contributed by atoms with Crippen molar-refractivity contribution >= 4 is 17.8 Å². The molecule has 3 N–H and O–H groups in total. The highest BCUT2D eigenvalue weighted by atomic mass is 16.3. The van der Waals surface area contributed by atoms with Crippen molar-refractivity contribution in [2.75, 3.05) is 18.4 Å². The van der Waals surface area contributed by atoms with Crippen LogP contribution in [0, 0.1) is 6.92 Å². The summed E-state index contributed by atoms with van der Waals surface area (Å²) in [5, 5.41) is 9.08. The van der Waals surface area contributed by atoms with Crippen molar-refractivity contribution in [3.63, 3.8) is 0 Å². The number of nitrogens with zero attached hydrogens (tertiary/aromatic N) is 3. The van der Waals surface area contributed by atoms with Crippen molar-refractivity contribution in [2.24, 2.45) is 0 Å². The maximum Gasteiger partial charge on any atom is 0.329 e. The molecule has 0 spiro atoms. The minimum atomic E-state index is -0.479. The number of oxazole rings is 1. The van der Waals surface area contributed by atoms with Crippen molar-refractivity contribution in [1.29, 1.82) is 0 Å². The van der Waals surface area contributed by atoms with E-state index in [0.29, 0.717) is 23.6 Å². The standard InChI is InChI=1S/C18H22N6O3/c1-10-19-15(9-27-10)22-18(26)24-12-6-7-23(8-12)14-5-4-13(21-16(14)24)17(25)20-11-2-3-11/h4-5,9,11-13,21H,2-3,6-8H2,1H3,(H,20,25)(H,22,26)/t12-,13?/m0/s1. The van der Waals surface area contributed by atoms with Gasteiger partial charge < -0.3 is 20.0 Å². The zero-order valence-electron chi connectivity index (χ0n) is 15.1. The Kier molecular flexibility index (Phi) is 3.63. The quantitative estimate of drug-likeness (QED) is 0.730. The van der Waals surface area contributed by atoms with Gasteiger partial charge in [0.15, 0.2) is 11.7 Å². The predicted molar refractivity (Wildman–Crippen MR) is 96.3 cm³/mol. The second kappa shape index (κ2) is 6.04. The van der Waals surface area contributed by atoms with E-state index >= 15 is 0 Å². The first-order valence-electron chi connectivity index (χ1n) is 9.35. The molecular formula is C18H22N6O3. The molecule has 9 nitrogen and oxygen atoms in total. The fourth-order valence-corrected chi connectivity index (χ4v) is 3.87. The average molecular weight is 370 g/mol. The van der Waals surface area contributed by atoms with Crippen LogP contribution in [0.15, 0.2) is 34.4 Å². The number of aryl methyl sites for hydroxylation is 1. The maximum atomic E-state index is 13.0. The van der Waals surface area contributed by atoms with Gasteiger partial charge in [-0.2, -0.15) is 4.98 Å². The Morgan fingerprint density at radius 3 is 2.93 bits per heavy atom. The molecule has 2 bridgehead atoms. The highest BCUT2D eigenvalue weighted by Gasteiger charge is 2.43. The third-order valence-corrected chi connectivity index (χ3v) is 5.37. The van der Waals surface area contributed by atoms with Gasteiger partial charge in [-0.05, 0) is 25.3 Å². The fourth-order valence-electron chi connectivity index (χ4n) is 3.87. The minimum absolute atomic E-state index is 0.0549. The predicted octanol–water partition coefficient (Wildman–Crippen LogP) is 0.881. The van der Waals surface area contributed by atoms with Crippen molar-refractivity contribution in [3.8, 4) is 0 Å². The summed E-state index contributed by atoms with van der Waals surface area (Å²) in [7, 11) is 0. The molecule has 0 radical (unpaired) electrons. The number of carbonyl (C=O) groups is 2. The molecule has 1 saturated heterocycles. The summed E-state index contributed by atoms with van der Waals surface area (Å²) >= 11 is 0. The largest absolute Gasteiger partial charge is 0.447 e. The number of nitrogens with one attached hydrogen (secondary N) is 3. The summed E-state index contributed by atoms with van der Waals surface area (Å²) in [6.45, 7) is 3.40. The average Bonchev–Trinajstić information content (AvgIpc) is 3.23. The SMILES string of the molecule is Cc1nc(NC(=O)N2C3=C(C=CC(C(=O)NC4CC4)N3)N3CC[C@H]2C3)co1. The number of hydrogen-bond donors (Lipinski definition) is 3. The normalized spacial score (nSPS) is 26.0. The van der Waals surface area contributed by atoms with Gasteiger partial charge in [0.25, 0.3) is 0 Å². The summed E-state index contributed by atoms with van der Waals surface area (Å²) < 4.78 is 5.17. The number of rotatable bonds is 3. The number of urea groups is 1. The molecule has 1 aromatic heterocycles. The third-order valence-electron chi connectivity index (χ3n) is 5.37. The monoisotopic (exact) mass is 370 g/mol. The van der Waals surface area contributed by atoms with Crippen LogP contribution in [-0.2, 0) is 4.79 Å². The number of anilines is 1. The van der Waals surface area contributed by atoms with E-state index in [1.165, 1.54) is 6.26 Å². The molecule has 3 amide bonds. The first kappa shape index (κ1) is 16.2. The summed E-state index contributed by atoms with van der Waals surface area (Å²) in [5.74, 6) is 1.50. The van der Waals surface area contributed by atoms with Crippen LogP contribution in [0.1, 0.15) is 25.2 Å². The third kappa shape index (κ3) is 2.92. The van der Waals surface area contributed by atoms with Gasteiger partial charge in [-0.15, -0.1) is 0 Å². The van der Waals surface area contributed by atoms with E-state index in [9.17, 15) is 9.59 Å². The van der Waals surface area contributed by atoms with Crippen LogP contribution >= 0.6 is 0 Å². The molecule has 3 aliphatic heterocycles. The van der Waals surface area contributed by atoms with Gasteiger partial charge in [0.1, 0.15) is 18.1 Å². The van der Waals surface area contributed by atoms with Gasteiger partial charge in [-0.25, -0.2) is 4.79 Å². The molecule has 2 atom stereocenters. The Morgan fingerprint density at radius 2 is 2.19 bits per heavy atom. The molecule has 9 heteroatoms. The Balaban J connectivity index is 1.39. The zero-order valence-corrected chi connectivity index (χ0v) is 15.1. The number of dihydropyridines is 1. The van der Waals surface area contributed by atoms with Crippen molar-refractivity contribution < 1.29 is 14.0 Å². The molecular weight excluding hydrogens is 348 g/mol. The zero-order chi connectivity index (χ0) is 18.5. The second-order valence-electron chi connectivity index (χ2n) is 7.44. The van der Waals surface area contributed by atoms with Gasteiger partial charge in [0.05, 0.1) is 11.7 Å². The lowest BCUT2D eigenvalue weighted by molar-refractivity contribution is -0.122. The number of aromatic nitrogens is 1. The van der Waals surface area contributed by atoms with Gasteiger partial charge in [-0.3, -0.25) is 15.0 Å². The molecule has 0 aromatic carbocycles. The summed E-state index contributed by atoms with van der Waals surface area (Å²) in [6, 6.07) is -0.397. The van der Waals surface area contributed by atoms with E-state index in [4.69, 9.17) is 4.42 Å². The van der Waals surface area contributed by atoms with Crippen molar-refractivity contribution in [2.45, 2.75) is 44.3 Å². The molecule has 1 aliphatic carbocycles. The minimum Gasteiger partial charge on any atom is -0.447 e. The van der Waals surface area contributed by atoms with Gasteiger partial charge in [0, 0.05) is 26.1 Å². The topological polar surface area (TPSA) is 103 Å². The smallest absolute Gasteiger partial charge is 0.329 e. The van der Waals surface area contributed by atoms with Crippen LogP contribution in [0.5, 0.6) is 0 Å². The Labute approximate surface area is 156 Å². The van der Waals surface area contributed by atoms with Crippen LogP contribution in [0.2, 0.25) is 0 Å². The number of allylic oxidation sites excluding steroid dienone is 1. The number of hydrogen-bond acceptors (Lipinski definition) is 6. The fraction of sp³-hybridized carbons (Fsp3) is 0.500. The second-order valence-corrected chi connectivity index (χ2v) is 7.44. The first-order chi connectivity index (χ1) is 13.1. The van der Waals surface area contributed by atoms with Crippen LogP contribution in [0.3, 0.4) is 0 Å². The van der Waals surface area contributed by atoms with Crippen LogP contribution in [0.25, 0.3) is 0 Å². The lowest BCUT2D eigenvalue weighted by atomic mass is 10.1. The molecule has 142 valence electrons. The Bertz CT molecular complexity index is 855. The maximum absolute atomic E-state index is 13.0. The summed E-state index contributed by atoms with van der Waals surface area (Å²) in [4.78, 5) is 33.6. The van der Waals surface area contributed by atoms with Gasteiger partial charge in [-0.1, -0.05) is 6.08 Å². The summed E-state index contributed by atoms with van der Waals surface area (Å²) in [5.41, 5.74) is 0.950. The number of amides is 3. The van der Waals surface area contributed by atoms with E-state index in [1.54, 1.807) is 11.8 Å². The highest BCUT2D eigenvalue weighted by molar-refractivity contribution is 5.91. The van der Waals surface area contributed by atoms with Crippen LogP contribution in [0.4, 0.5) is 10.6 Å². The number of carbonyl (C=O) groups excluding carboxylic acids is 2. The van der Waals surface area contributed by atoms with E-state index in [2.05, 4.69) is 25.8 Å². The van der Waals surface area contributed by atoms with E-state index < -0.39 is 6.04 Å². The van der Waals surface area contributed by atoms with Crippen molar-refractivity contribution in [3.05, 3.63) is 35.8 Å². The molecule has 1 unspecified atom stereocenters. The van der Waals surface area contributed by atoms with Crippen LogP contribution < -0.4 is 16.0 Å². The van der Waals surface area contributed by atoms with E-state index in [-0.39, 0.29) is 18.0 Å². The number of fused-ring (bicyclic) bond motifs is 3. The molecule has 5 rings (SSSR count).